The molecule has 4 aromatic rings. The molecule has 1 saturated heterocycles. The molecule has 2 aromatic heterocycles. The van der Waals surface area contributed by atoms with Crippen molar-refractivity contribution in [1.29, 1.82) is 0 Å². The molecule has 1 aliphatic heterocycles. The molecule has 3 heterocycles. The number of aryl methyl sites for hydroxylation is 2. The molecule has 2 atom stereocenters. The Bertz CT molecular complexity index is 1500. The number of anilines is 1. The summed E-state index contributed by atoms with van der Waals surface area (Å²) < 4.78 is 16.4. The van der Waals surface area contributed by atoms with Crippen molar-refractivity contribution in [3.63, 3.8) is 0 Å². The third kappa shape index (κ3) is 5.29. The average molecular weight is 542 g/mol. The van der Waals surface area contributed by atoms with Crippen LogP contribution in [0.3, 0.4) is 0 Å². The van der Waals surface area contributed by atoms with Crippen LogP contribution in [-0.4, -0.2) is 32.0 Å². The fourth-order valence-corrected chi connectivity index (χ4v) is 5.80. The molecule has 5 rings (SSSR count). The Labute approximate surface area is 233 Å². The largest absolute Gasteiger partial charge is 0.352 e. The van der Waals surface area contributed by atoms with Gasteiger partial charge in [0.05, 0.1) is 23.5 Å². The second-order valence-corrected chi connectivity index (χ2v) is 10.1. The Morgan fingerprint density at radius 3 is 2.56 bits per heavy atom. The van der Waals surface area contributed by atoms with Gasteiger partial charge >= 0.3 is 0 Å². The Morgan fingerprint density at radius 1 is 1.08 bits per heavy atom. The number of nitrogens with one attached hydrogen (secondary N) is 2. The van der Waals surface area contributed by atoms with Crippen LogP contribution in [0.2, 0.25) is 0 Å². The maximum atomic E-state index is 14.1. The molecule has 0 bridgehead atoms. The van der Waals surface area contributed by atoms with E-state index in [2.05, 4.69) is 76.2 Å². The fourth-order valence-electron chi connectivity index (χ4n) is 5.47. The van der Waals surface area contributed by atoms with Crippen molar-refractivity contribution in [2.45, 2.75) is 45.7 Å². The zero-order valence-corrected chi connectivity index (χ0v) is 23.1. The highest BCUT2D eigenvalue weighted by Crippen LogP contribution is 2.41. The highest BCUT2D eigenvalue weighted by molar-refractivity contribution is 7.80. The molecule has 0 aliphatic carbocycles. The number of halogens is 1. The summed E-state index contributed by atoms with van der Waals surface area (Å²) in [6, 6.07) is 22.3. The summed E-state index contributed by atoms with van der Waals surface area (Å²) in [5, 5.41) is 6.71. The molecule has 0 spiro atoms. The van der Waals surface area contributed by atoms with Gasteiger partial charge in [0.1, 0.15) is 5.82 Å². The van der Waals surface area contributed by atoms with E-state index >= 15 is 0 Å². The number of carbonyl (C=O) groups is 1. The van der Waals surface area contributed by atoms with Gasteiger partial charge in [-0.3, -0.25) is 9.78 Å². The maximum absolute atomic E-state index is 14.1. The monoisotopic (exact) mass is 541 g/mol. The number of carbonyl (C=O) groups excluding carboxylic acids is 1. The Hall–Kier alpha value is -4.04. The normalized spacial score (nSPS) is 16.8. The van der Waals surface area contributed by atoms with Crippen molar-refractivity contribution in [2.75, 3.05) is 11.9 Å². The SMILES string of the molecule is CCc1ccccc1-n1c(C)cc(C2C(c3ccccn3)NC(=S)N2CCC(=O)Nc2ccccc2F)c1C. The Morgan fingerprint density at radius 2 is 1.82 bits per heavy atom. The smallest absolute Gasteiger partial charge is 0.226 e. The lowest BCUT2D eigenvalue weighted by Crippen LogP contribution is -2.33. The van der Waals surface area contributed by atoms with E-state index in [1.165, 1.54) is 17.3 Å². The van der Waals surface area contributed by atoms with Gasteiger partial charge in [-0.15, -0.1) is 0 Å². The first-order chi connectivity index (χ1) is 18.9. The van der Waals surface area contributed by atoms with E-state index in [1.807, 2.05) is 18.2 Å². The second kappa shape index (κ2) is 11.4. The predicted molar refractivity (Wildman–Crippen MR) is 156 cm³/mol. The van der Waals surface area contributed by atoms with Gasteiger partial charge in [0.25, 0.3) is 0 Å². The fraction of sp³-hybridized carbons (Fsp3) is 0.258. The number of thiocarbonyl (C=S) groups is 1. The van der Waals surface area contributed by atoms with E-state index < -0.39 is 5.82 Å². The third-order valence-corrected chi connectivity index (χ3v) is 7.68. The quantitative estimate of drug-likeness (QED) is 0.261. The Balaban J connectivity index is 1.49. The minimum atomic E-state index is -0.461. The summed E-state index contributed by atoms with van der Waals surface area (Å²) in [5.41, 5.74) is 6.85. The van der Waals surface area contributed by atoms with Gasteiger partial charge < -0.3 is 20.1 Å². The summed E-state index contributed by atoms with van der Waals surface area (Å²) in [7, 11) is 0. The number of para-hydroxylation sites is 2. The van der Waals surface area contributed by atoms with Crippen LogP contribution >= 0.6 is 12.2 Å². The van der Waals surface area contributed by atoms with Gasteiger partial charge in [0.2, 0.25) is 5.91 Å². The molecule has 8 heteroatoms. The molecule has 2 unspecified atom stereocenters. The number of rotatable bonds is 8. The summed E-state index contributed by atoms with van der Waals surface area (Å²) in [6.45, 7) is 6.79. The molecule has 0 radical (unpaired) electrons. The maximum Gasteiger partial charge on any atom is 0.226 e. The Kier molecular flexibility index (Phi) is 7.74. The van der Waals surface area contributed by atoms with Crippen LogP contribution < -0.4 is 10.6 Å². The molecule has 2 aromatic carbocycles. The molecule has 1 amide bonds. The van der Waals surface area contributed by atoms with Crippen molar-refractivity contribution in [3.05, 3.63) is 113 Å². The minimum absolute atomic E-state index is 0.152. The van der Waals surface area contributed by atoms with Gasteiger partial charge in [-0.05, 0) is 80.0 Å². The molecule has 200 valence electrons. The first-order valence-electron chi connectivity index (χ1n) is 13.2. The third-order valence-electron chi connectivity index (χ3n) is 7.33. The number of pyridine rings is 1. The summed E-state index contributed by atoms with van der Waals surface area (Å²) in [4.78, 5) is 19.5. The van der Waals surface area contributed by atoms with Crippen LogP contribution in [0.25, 0.3) is 5.69 Å². The molecular weight excluding hydrogens is 509 g/mol. The van der Waals surface area contributed by atoms with Gasteiger partial charge in [0, 0.05) is 36.2 Å². The van der Waals surface area contributed by atoms with Gasteiger partial charge in [0.15, 0.2) is 5.11 Å². The number of hydrogen-bond acceptors (Lipinski definition) is 3. The van der Waals surface area contributed by atoms with Crippen molar-refractivity contribution in [3.8, 4) is 5.69 Å². The van der Waals surface area contributed by atoms with Crippen molar-refractivity contribution in [2.24, 2.45) is 0 Å². The van der Waals surface area contributed by atoms with E-state index in [4.69, 9.17) is 12.2 Å². The highest BCUT2D eigenvalue weighted by Gasteiger charge is 2.41. The number of aromatic nitrogens is 2. The highest BCUT2D eigenvalue weighted by atomic mass is 32.1. The van der Waals surface area contributed by atoms with Crippen LogP contribution in [0.4, 0.5) is 10.1 Å². The van der Waals surface area contributed by atoms with Gasteiger partial charge in [-0.1, -0.05) is 43.3 Å². The zero-order chi connectivity index (χ0) is 27.5. The lowest BCUT2D eigenvalue weighted by molar-refractivity contribution is -0.116. The van der Waals surface area contributed by atoms with E-state index in [-0.39, 0.29) is 30.1 Å². The molecule has 1 aliphatic rings. The lowest BCUT2D eigenvalue weighted by Gasteiger charge is -2.28. The van der Waals surface area contributed by atoms with Crippen LogP contribution in [0.1, 0.15) is 53.6 Å². The average Bonchev–Trinajstić information content (AvgIpc) is 3.43. The molecule has 6 nitrogen and oxygen atoms in total. The summed E-state index contributed by atoms with van der Waals surface area (Å²) in [6.07, 6.45) is 2.86. The number of hydrogen-bond donors (Lipinski definition) is 2. The van der Waals surface area contributed by atoms with E-state index in [0.717, 1.165) is 29.1 Å². The summed E-state index contributed by atoms with van der Waals surface area (Å²) in [5.74, 6) is -0.734. The van der Waals surface area contributed by atoms with E-state index in [9.17, 15) is 9.18 Å². The van der Waals surface area contributed by atoms with Crippen molar-refractivity contribution >= 4 is 28.9 Å². The van der Waals surface area contributed by atoms with Crippen LogP contribution in [0, 0.1) is 19.7 Å². The molecule has 39 heavy (non-hydrogen) atoms. The van der Waals surface area contributed by atoms with Crippen LogP contribution in [-0.2, 0) is 11.2 Å². The number of nitrogens with zero attached hydrogens (tertiary/aromatic N) is 3. The molecular formula is C31H32FN5OS. The topological polar surface area (TPSA) is 62.2 Å². The molecule has 1 fully saturated rings. The van der Waals surface area contributed by atoms with Crippen LogP contribution in [0.15, 0.2) is 79.0 Å². The first-order valence-corrected chi connectivity index (χ1v) is 13.6. The zero-order valence-electron chi connectivity index (χ0n) is 22.3. The predicted octanol–water partition coefficient (Wildman–Crippen LogP) is 6.19. The van der Waals surface area contributed by atoms with Crippen molar-refractivity contribution in [1.82, 2.24) is 19.8 Å². The standard InChI is InChI=1S/C31H32FN5OS/c1-4-22-11-5-8-15-27(22)37-20(2)19-23(21(37)3)30-29(26-14-9-10-17-33-26)35-31(39)36(30)18-16-28(38)34-25-13-7-6-12-24(25)32/h5-15,17,19,29-30H,4,16,18H2,1-3H3,(H,34,38)(H,35,39). The van der Waals surface area contributed by atoms with Gasteiger partial charge in [-0.2, -0.15) is 0 Å². The molecule has 2 N–H and O–H groups in total. The second-order valence-electron chi connectivity index (χ2n) is 9.74. The van der Waals surface area contributed by atoms with Gasteiger partial charge in [-0.25, -0.2) is 4.39 Å². The lowest BCUT2D eigenvalue weighted by atomic mass is 9.96. The minimum Gasteiger partial charge on any atom is -0.352 e. The van der Waals surface area contributed by atoms with Crippen LogP contribution in [0.5, 0.6) is 0 Å². The molecule has 0 saturated carbocycles. The van der Waals surface area contributed by atoms with E-state index in [0.29, 0.717) is 11.7 Å². The number of amides is 1. The number of benzene rings is 2. The van der Waals surface area contributed by atoms with E-state index in [1.54, 1.807) is 24.4 Å². The first kappa shape index (κ1) is 26.6. The van der Waals surface area contributed by atoms with Crippen molar-refractivity contribution < 1.29 is 9.18 Å². The summed E-state index contributed by atoms with van der Waals surface area (Å²) >= 11 is 5.80.